The van der Waals surface area contributed by atoms with Crippen molar-refractivity contribution < 1.29 is 4.74 Å². The van der Waals surface area contributed by atoms with Gasteiger partial charge in [-0.25, -0.2) is 0 Å². The summed E-state index contributed by atoms with van der Waals surface area (Å²) in [4.78, 5) is 10.2. The van der Waals surface area contributed by atoms with Crippen LogP contribution in [0.15, 0.2) is 24.0 Å². The highest BCUT2D eigenvalue weighted by atomic mass is 32.1. The zero-order valence-corrected chi connectivity index (χ0v) is 13.5. The van der Waals surface area contributed by atoms with Crippen LogP contribution in [0.25, 0.3) is 10.4 Å². The molecule has 0 radical (unpaired) electrons. The van der Waals surface area contributed by atoms with Crippen molar-refractivity contribution in [3.05, 3.63) is 35.2 Å². The minimum absolute atomic E-state index is 0.513. The number of aromatic nitrogens is 2. The summed E-state index contributed by atoms with van der Waals surface area (Å²) in [6.45, 7) is 6.21. The SMILES string of the molecule is CCC(C)c1cc(C2CCOCC2)c(-c2cncs2)cn1. The number of ether oxygens (including phenoxy) is 1. The molecule has 3 nitrogen and oxygen atoms in total. The molecule has 2 aromatic rings. The Morgan fingerprint density at radius 2 is 2.14 bits per heavy atom. The molecule has 1 aliphatic heterocycles. The van der Waals surface area contributed by atoms with Crippen LogP contribution in [0.3, 0.4) is 0 Å². The van der Waals surface area contributed by atoms with Gasteiger partial charge in [0.25, 0.3) is 0 Å². The van der Waals surface area contributed by atoms with Crippen LogP contribution in [0.5, 0.6) is 0 Å². The Bertz CT molecular complexity index is 576. The van der Waals surface area contributed by atoms with E-state index < -0.39 is 0 Å². The molecular formula is C17H22N2OS. The molecule has 1 aliphatic rings. The van der Waals surface area contributed by atoms with Gasteiger partial charge in [-0.15, -0.1) is 11.3 Å². The Balaban J connectivity index is 2.02. The van der Waals surface area contributed by atoms with Gasteiger partial charge >= 0.3 is 0 Å². The minimum Gasteiger partial charge on any atom is -0.381 e. The lowest BCUT2D eigenvalue weighted by molar-refractivity contribution is 0.0854. The molecule has 3 heterocycles. The molecule has 0 aliphatic carbocycles. The van der Waals surface area contributed by atoms with E-state index in [2.05, 4.69) is 31.1 Å². The number of thiazole rings is 1. The molecule has 2 aromatic heterocycles. The molecule has 112 valence electrons. The fraction of sp³-hybridized carbons (Fsp3) is 0.529. The third-order valence-corrected chi connectivity index (χ3v) is 5.24. The predicted octanol–water partition coefficient (Wildman–Crippen LogP) is 4.61. The van der Waals surface area contributed by atoms with Crippen LogP contribution in [0.2, 0.25) is 0 Å². The van der Waals surface area contributed by atoms with Crippen LogP contribution < -0.4 is 0 Å². The first kappa shape index (κ1) is 14.7. The highest BCUT2D eigenvalue weighted by Gasteiger charge is 2.21. The van der Waals surface area contributed by atoms with E-state index in [1.807, 2.05) is 11.7 Å². The summed E-state index contributed by atoms with van der Waals surface area (Å²) < 4.78 is 5.53. The first-order valence-electron chi connectivity index (χ1n) is 7.76. The molecule has 0 aromatic carbocycles. The van der Waals surface area contributed by atoms with Crippen LogP contribution in [-0.4, -0.2) is 23.2 Å². The number of hydrogen-bond donors (Lipinski definition) is 0. The fourth-order valence-electron chi connectivity index (χ4n) is 2.87. The molecule has 21 heavy (non-hydrogen) atoms. The normalized spacial score (nSPS) is 17.8. The van der Waals surface area contributed by atoms with E-state index in [9.17, 15) is 0 Å². The van der Waals surface area contributed by atoms with Crippen LogP contribution in [0.1, 0.15) is 56.2 Å². The molecule has 1 unspecified atom stereocenters. The van der Waals surface area contributed by atoms with Crippen molar-refractivity contribution in [2.24, 2.45) is 0 Å². The summed E-state index contributed by atoms with van der Waals surface area (Å²) in [5.74, 6) is 1.10. The van der Waals surface area contributed by atoms with Crippen molar-refractivity contribution in [3.8, 4) is 10.4 Å². The first-order valence-corrected chi connectivity index (χ1v) is 8.64. The summed E-state index contributed by atoms with van der Waals surface area (Å²) in [6, 6.07) is 2.33. The summed E-state index contributed by atoms with van der Waals surface area (Å²) in [6.07, 6.45) is 7.35. The molecule has 1 atom stereocenters. The molecule has 4 heteroatoms. The molecule has 0 spiro atoms. The third-order valence-electron chi connectivity index (χ3n) is 4.43. The number of hydrogen-bond acceptors (Lipinski definition) is 4. The lowest BCUT2D eigenvalue weighted by Crippen LogP contribution is -2.15. The average Bonchev–Trinajstić information content (AvgIpc) is 3.08. The highest BCUT2D eigenvalue weighted by molar-refractivity contribution is 7.13. The Morgan fingerprint density at radius 1 is 1.33 bits per heavy atom. The van der Waals surface area contributed by atoms with E-state index in [-0.39, 0.29) is 0 Å². The van der Waals surface area contributed by atoms with E-state index in [1.54, 1.807) is 11.3 Å². The molecule has 0 saturated carbocycles. The average molecular weight is 302 g/mol. The van der Waals surface area contributed by atoms with E-state index in [4.69, 9.17) is 9.72 Å². The van der Waals surface area contributed by atoms with Gasteiger partial charge in [-0.2, -0.15) is 0 Å². The van der Waals surface area contributed by atoms with Gasteiger partial charge in [0, 0.05) is 36.9 Å². The summed E-state index contributed by atoms with van der Waals surface area (Å²) >= 11 is 1.69. The largest absolute Gasteiger partial charge is 0.381 e. The van der Waals surface area contributed by atoms with E-state index >= 15 is 0 Å². The molecule has 0 amide bonds. The second-order valence-electron chi connectivity index (χ2n) is 5.76. The maximum absolute atomic E-state index is 5.53. The van der Waals surface area contributed by atoms with Crippen LogP contribution in [-0.2, 0) is 4.74 Å². The van der Waals surface area contributed by atoms with Crippen LogP contribution in [0, 0.1) is 0 Å². The summed E-state index contributed by atoms with van der Waals surface area (Å²) in [7, 11) is 0. The predicted molar refractivity (Wildman–Crippen MR) is 86.8 cm³/mol. The molecule has 0 bridgehead atoms. The molecule has 1 saturated heterocycles. The zero-order chi connectivity index (χ0) is 14.7. The number of pyridine rings is 1. The van der Waals surface area contributed by atoms with Crippen LogP contribution >= 0.6 is 11.3 Å². The summed E-state index contributed by atoms with van der Waals surface area (Å²) in [5.41, 5.74) is 5.81. The van der Waals surface area contributed by atoms with Gasteiger partial charge in [0.05, 0.1) is 10.4 Å². The summed E-state index contributed by atoms with van der Waals surface area (Å²) in [5, 5.41) is 0. The van der Waals surface area contributed by atoms with Crippen molar-refractivity contribution in [1.82, 2.24) is 9.97 Å². The molecule has 0 N–H and O–H groups in total. The minimum atomic E-state index is 0.513. The monoisotopic (exact) mass is 302 g/mol. The zero-order valence-electron chi connectivity index (χ0n) is 12.7. The van der Waals surface area contributed by atoms with E-state index in [0.29, 0.717) is 11.8 Å². The van der Waals surface area contributed by atoms with Gasteiger partial charge in [0.2, 0.25) is 0 Å². The van der Waals surface area contributed by atoms with Crippen molar-refractivity contribution in [3.63, 3.8) is 0 Å². The van der Waals surface area contributed by atoms with Crippen molar-refractivity contribution >= 4 is 11.3 Å². The second kappa shape index (κ2) is 6.67. The van der Waals surface area contributed by atoms with Gasteiger partial charge in [-0.1, -0.05) is 13.8 Å². The third kappa shape index (κ3) is 3.16. The lowest BCUT2D eigenvalue weighted by atomic mass is 9.87. The Morgan fingerprint density at radius 3 is 2.81 bits per heavy atom. The highest BCUT2D eigenvalue weighted by Crippen LogP contribution is 2.37. The van der Waals surface area contributed by atoms with Gasteiger partial charge < -0.3 is 4.74 Å². The number of nitrogens with zero attached hydrogens (tertiary/aromatic N) is 2. The lowest BCUT2D eigenvalue weighted by Gasteiger charge is -2.25. The van der Waals surface area contributed by atoms with E-state index in [1.165, 1.54) is 21.7 Å². The topological polar surface area (TPSA) is 35.0 Å². The second-order valence-corrected chi connectivity index (χ2v) is 6.64. The molecular weight excluding hydrogens is 280 g/mol. The van der Waals surface area contributed by atoms with Crippen molar-refractivity contribution in [1.29, 1.82) is 0 Å². The van der Waals surface area contributed by atoms with Gasteiger partial charge in [-0.05, 0) is 42.7 Å². The van der Waals surface area contributed by atoms with E-state index in [0.717, 1.165) is 32.5 Å². The van der Waals surface area contributed by atoms with Crippen LogP contribution in [0.4, 0.5) is 0 Å². The Kier molecular flexibility index (Phi) is 4.66. The Hall–Kier alpha value is -1.26. The number of rotatable bonds is 4. The van der Waals surface area contributed by atoms with Gasteiger partial charge in [0.15, 0.2) is 0 Å². The first-order chi connectivity index (χ1) is 10.3. The standard InChI is InChI=1S/C17H22N2OS/c1-3-12(2)16-8-14(13-4-6-20-7-5-13)15(9-19-16)17-10-18-11-21-17/h8-13H,3-7H2,1-2H3. The smallest absolute Gasteiger partial charge is 0.0797 e. The maximum atomic E-state index is 5.53. The fourth-order valence-corrected chi connectivity index (χ4v) is 3.52. The quantitative estimate of drug-likeness (QED) is 0.827. The van der Waals surface area contributed by atoms with Crippen molar-refractivity contribution in [2.75, 3.05) is 13.2 Å². The maximum Gasteiger partial charge on any atom is 0.0797 e. The Labute approximate surface area is 130 Å². The molecule has 1 fully saturated rings. The molecule has 3 rings (SSSR count). The van der Waals surface area contributed by atoms with Gasteiger partial charge in [0.1, 0.15) is 0 Å². The van der Waals surface area contributed by atoms with Gasteiger partial charge in [-0.3, -0.25) is 9.97 Å². The van der Waals surface area contributed by atoms with Crippen molar-refractivity contribution in [2.45, 2.75) is 44.9 Å².